The highest BCUT2D eigenvalue weighted by atomic mass is 16.5. The molecule has 108 valence electrons. The first-order chi connectivity index (χ1) is 9.06. The van der Waals surface area contributed by atoms with E-state index in [0.717, 1.165) is 31.8 Å². The molecule has 2 atom stereocenters. The maximum Gasteiger partial charge on any atom is 0.131 e. The van der Waals surface area contributed by atoms with Gasteiger partial charge in [0, 0.05) is 32.8 Å². The van der Waals surface area contributed by atoms with Gasteiger partial charge in [-0.05, 0) is 26.8 Å². The average molecular weight is 266 g/mol. The van der Waals surface area contributed by atoms with Crippen molar-refractivity contribution in [3.63, 3.8) is 0 Å². The van der Waals surface area contributed by atoms with Crippen LogP contribution in [0.2, 0.25) is 0 Å². The SMILES string of the molecule is CCNCc1c(C)nn(C)c1N(C)C1CCOC1C. The summed E-state index contributed by atoms with van der Waals surface area (Å²) in [6.07, 6.45) is 1.37. The van der Waals surface area contributed by atoms with E-state index < -0.39 is 0 Å². The highest BCUT2D eigenvalue weighted by Crippen LogP contribution is 2.28. The smallest absolute Gasteiger partial charge is 0.131 e. The molecule has 5 heteroatoms. The third-order valence-corrected chi connectivity index (χ3v) is 4.03. The highest BCUT2D eigenvalue weighted by Gasteiger charge is 2.31. The Labute approximate surface area is 115 Å². The zero-order chi connectivity index (χ0) is 14.0. The number of ether oxygens (including phenoxy) is 1. The molecular formula is C14H26N4O. The molecule has 0 aromatic carbocycles. The van der Waals surface area contributed by atoms with Crippen molar-refractivity contribution in [3.8, 4) is 0 Å². The molecule has 2 rings (SSSR count). The van der Waals surface area contributed by atoms with Gasteiger partial charge in [-0.15, -0.1) is 0 Å². The molecule has 1 fully saturated rings. The van der Waals surface area contributed by atoms with Crippen LogP contribution in [-0.2, 0) is 18.3 Å². The number of aryl methyl sites for hydroxylation is 2. The molecule has 1 aromatic rings. The lowest BCUT2D eigenvalue weighted by atomic mass is 10.1. The van der Waals surface area contributed by atoms with Gasteiger partial charge in [-0.1, -0.05) is 6.92 Å². The molecule has 0 aliphatic carbocycles. The standard InChI is InChI=1S/C14H26N4O/c1-6-15-9-12-10(2)16-18(5)14(12)17(4)13-7-8-19-11(13)3/h11,13,15H,6-9H2,1-5H3. The van der Waals surface area contributed by atoms with E-state index in [1.165, 1.54) is 11.4 Å². The van der Waals surface area contributed by atoms with E-state index in [4.69, 9.17) is 4.74 Å². The number of rotatable bonds is 5. The zero-order valence-corrected chi connectivity index (χ0v) is 12.7. The van der Waals surface area contributed by atoms with Gasteiger partial charge in [-0.25, -0.2) is 0 Å². The largest absolute Gasteiger partial charge is 0.376 e. The maximum atomic E-state index is 5.69. The lowest BCUT2D eigenvalue weighted by molar-refractivity contribution is 0.118. The fraction of sp³-hybridized carbons (Fsp3) is 0.786. The molecule has 1 saturated heterocycles. The summed E-state index contributed by atoms with van der Waals surface area (Å²) in [6.45, 7) is 9.07. The van der Waals surface area contributed by atoms with Gasteiger partial charge >= 0.3 is 0 Å². The van der Waals surface area contributed by atoms with Crippen LogP contribution >= 0.6 is 0 Å². The second-order valence-corrected chi connectivity index (χ2v) is 5.33. The minimum Gasteiger partial charge on any atom is -0.376 e. The van der Waals surface area contributed by atoms with Crippen molar-refractivity contribution in [2.24, 2.45) is 7.05 Å². The van der Waals surface area contributed by atoms with Gasteiger partial charge in [0.15, 0.2) is 0 Å². The number of nitrogens with zero attached hydrogens (tertiary/aromatic N) is 3. The van der Waals surface area contributed by atoms with Crippen molar-refractivity contribution in [1.82, 2.24) is 15.1 Å². The first-order valence-corrected chi connectivity index (χ1v) is 7.13. The molecule has 0 spiro atoms. The normalized spacial score (nSPS) is 23.0. The van der Waals surface area contributed by atoms with E-state index in [0.29, 0.717) is 6.04 Å². The summed E-state index contributed by atoms with van der Waals surface area (Å²) in [7, 11) is 4.18. The summed E-state index contributed by atoms with van der Waals surface area (Å²) in [5.41, 5.74) is 2.41. The fourth-order valence-corrected chi connectivity index (χ4v) is 2.97. The second kappa shape index (κ2) is 5.92. The van der Waals surface area contributed by atoms with Crippen LogP contribution in [0.1, 0.15) is 31.5 Å². The molecule has 1 aliphatic rings. The Balaban J connectivity index is 2.26. The third-order valence-electron chi connectivity index (χ3n) is 4.03. The first kappa shape index (κ1) is 14.3. The minimum absolute atomic E-state index is 0.284. The Morgan fingerprint density at radius 3 is 2.84 bits per heavy atom. The number of likely N-dealkylation sites (N-methyl/N-ethyl adjacent to an activating group) is 1. The van der Waals surface area contributed by atoms with E-state index in [-0.39, 0.29) is 6.10 Å². The van der Waals surface area contributed by atoms with Crippen molar-refractivity contribution in [2.75, 3.05) is 25.1 Å². The zero-order valence-electron chi connectivity index (χ0n) is 12.7. The van der Waals surface area contributed by atoms with E-state index in [2.05, 4.69) is 43.1 Å². The van der Waals surface area contributed by atoms with E-state index in [1.807, 2.05) is 11.7 Å². The van der Waals surface area contributed by atoms with Crippen molar-refractivity contribution >= 4 is 5.82 Å². The van der Waals surface area contributed by atoms with Crippen molar-refractivity contribution in [3.05, 3.63) is 11.3 Å². The topological polar surface area (TPSA) is 42.3 Å². The summed E-state index contributed by atoms with van der Waals surface area (Å²) in [5.74, 6) is 1.21. The first-order valence-electron chi connectivity index (χ1n) is 7.13. The van der Waals surface area contributed by atoms with Crippen LogP contribution < -0.4 is 10.2 Å². The van der Waals surface area contributed by atoms with E-state index in [9.17, 15) is 0 Å². The molecular weight excluding hydrogens is 240 g/mol. The summed E-state index contributed by atoms with van der Waals surface area (Å²) in [5, 5.41) is 7.98. The summed E-state index contributed by atoms with van der Waals surface area (Å²) < 4.78 is 7.68. The molecule has 1 aromatic heterocycles. The highest BCUT2D eigenvalue weighted by molar-refractivity contribution is 5.50. The molecule has 1 N–H and O–H groups in total. The molecule has 1 aliphatic heterocycles. The van der Waals surface area contributed by atoms with Crippen molar-refractivity contribution in [2.45, 2.75) is 45.9 Å². The predicted molar refractivity (Wildman–Crippen MR) is 77.5 cm³/mol. The lowest BCUT2D eigenvalue weighted by Crippen LogP contribution is -2.38. The van der Waals surface area contributed by atoms with E-state index >= 15 is 0 Å². The average Bonchev–Trinajstić information content (AvgIpc) is 2.90. The molecule has 5 nitrogen and oxygen atoms in total. The van der Waals surface area contributed by atoms with Gasteiger partial charge in [0.25, 0.3) is 0 Å². The van der Waals surface area contributed by atoms with Crippen LogP contribution in [0.4, 0.5) is 5.82 Å². The molecule has 0 bridgehead atoms. The van der Waals surface area contributed by atoms with Gasteiger partial charge < -0.3 is 15.0 Å². The molecule has 2 unspecified atom stereocenters. The Hall–Kier alpha value is -1.07. The van der Waals surface area contributed by atoms with Gasteiger partial charge in [-0.3, -0.25) is 4.68 Å². The number of hydrogen-bond acceptors (Lipinski definition) is 4. The number of hydrogen-bond donors (Lipinski definition) is 1. The Kier molecular flexibility index (Phi) is 4.47. The molecule has 2 heterocycles. The Bertz CT molecular complexity index is 429. The number of nitrogens with one attached hydrogen (secondary N) is 1. The molecule has 0 radical (unpaired) electrons. The van der Waals surface area contributed by atoms with Crippen LogP contribution in [0, 0.1) is 6.92 Å². The van der Waals surface area contributed by atoms with Crippen LogP contribution in [0.3, 0.4) is 0 Å². The van der Waals surface area contributed by atoms with Gasteiger partial charge in [0.1, 0.15) is 5.82 Å². The monoisotopic (exact) mass is 266 g/mol. The molecule has 0 amide bonds. The third kappa shape index (κ3) is 2.77. The quantitative estimate of drug-likeness (QED) is 0.876. The number of anilines is 1. The van der Waals surface area contributed by atoms with Crippen molar-refractivity contribution < 1.29 is 4.74 Å². The lowest BCUT2D eigenvalue weighted by Gasteiger charge is -2.29. The van der Waals surface area contributed by atoms with Gasteiger partial charge in [0.05, 0.1) is 17.8 Å². The van der Waals surface area contributed by atoms with Crippen LogP contribution in [-0.4, -0.2) is 42.1 Å². The molecule has 19 heavy (non-hydrogen) atoms. The molecule has 0 saturated carbocycles. The number of aromatic nitrogens is 2. The maximum absolute atomic E-state index is 5.69. The van der Waals surface area contributed by atoms with Gasteiger partial charge in [0.2, 0.25) is 0 Å². The minimum atomic E-state index is 0.284. The summed E-state index contributed by atoms with van der Waals surface area (Å²) in [4.78, 5) is 2.34. The second-order valence-electron chi connectivity index (χ2n) is 5.33. The Morgan fingerprint density at radius 2 is 2.26 bits per heavy atom. The predicted octanol–water partition coefficient (Wildman–Crippen LogP) is 1.45. The fourth-order valence-electron chi connectivity index (χ4n) is 2.97. The van der Waals surface area contributed by atoms with Crippen LogP contribution in [0.5, 0.6) is 0 Å². The van der Waals surface area contributed by atoms with Crippen molar-refractivity contribution in [1.29, 1.82) is 0 Å². The summed E-state index contributed by atoms with van der Waals surface area (Å²) >= 11 is 0. The Morgan fingerprint density at radius 1 is 1.53 bits per heavy atom. The van der Waals surface area contributed by atoms with Crippen LogP contribution in [0.25, 0.3) is 0 Å². The van der Waals surface area contributed by atoms with Crippen LogP contribution in [0.15, 0.2) is 0 Å². The van der Waals surface area contributed by atoms with Gasteiger partial charge in [-0.2, -0.15) is 5.10 Å². The van der Waals surface area contributed by atoms with E-state index in [1.54, 1.807) is 0 Å². The summed E-state index contributed by atoms with van der Waals surface area (Å²) in [6, 6.07) is 0.440.